The predicted octanol–water partition coefficient (Wildman–Crippen LogP) is 0.163. The fraction of sp³-hybridized carbons (Fsp3) is 0.750. The molecule has 0 saturated carbocycles. The van der Waals surface area contributed by atoms with Crippen LogP contribution in [0.1, 0.15) is 6.42 Å². The summed E-state index contributed by atoms with van der Waals surface area (Å²) in [6, 6.07) is 0. The molecule has 48 valence electrons. The SMILES string of the molecule is Br.N=C(N)N1CCC1. The van der Waals surface area contributed by atoms with E-state index in [9.17, 15) is 0 Å². The average molecular weight is 180 g/mol. The number of hydrogen-bond acceptors (Lipinski definition) is 1. The topological polar surface area (TPSA) is 53.1 Å². The Balaban J connectivity index is 0.000000490. The second kappa shape index (κ2) is 2.91. The van der Waals surface area contributed by atoms with Gasteiger partial charge in [0, 0.05) is 13.1 Å². The Kier molecular flexibility index (Phi) is 2.82. The van der Waals surface area contributed by atoms with Crippen LogP contribution in [0.3, 0.4) is 0 Å². The molecule has 1 rings (SSSR count). The van der Waals surface area contributed by atoms with Crippen LogP contribution in [-0.4, -0.2) is 23.9 Å². The molecule has 1 fully saturated rings. The number of nitrogens with two attached hydrogens (primary N) is 1. The molecule has 8 heavy (non-hydrogen) atoms. The van der Waals surface area contributed by atoms with Gasteiger partial charge in [0.05, 0.1) is 0 Å². The van der Waals surface area contributed by atoms with E-state index < -0.39 is 0 Å². The van der Waals surface area contributed by atoms with Crippen LogP contribution in [0.4, 0.5) is 0 Å². The van der Waals surface area contributed by atoms with Gasteiger partial charge < -0.3 is 10.6 Å². The Morgan fingerprint density at radius 2 is 2.00 bits per heavy atom. The van der Waals surface area contributed by atoms with Crippen molar-refractivity contribution in [2.45, 2.75) is 6.42 Å². The quantitative estimate of drug-likeness (QED) is 0.412. The van der Waals surface area contributed by atoms with Gasteiger partial charge in [0.2, 0.25) is 0 Å². The maximum Gasteiger partial charge on any atom is 0.188 e. The van der Waals surface area contributed by atoms with Crippen molar-refractivity contribution < 1.29 is 0 Å². The molecule has 0 aliphatic carbocycles. The van der Waals surface area contributed by atoms with Gasteiger partial charge in [0.15, 0.2) is 5.96 Å². The summed E-state index contributed by atoms with van der Waals surface area (Å²) in [6.45, 7) is 1.96. The van der Waals surface area contributed by atoms with Gasteiger partial charge in [-0.3, -0.25) is 5.41 Å². The van der Waals surface area contributed by atoms with E-state index in [2.05, 4.69) is 0 Å². The van der Waals surface area contributed by atoms with Crippen LogP contribution in [-0.2, 0) is 0 Å². The van der Waals surface area contributed by atoms with Crippen LogP contribution < -0.4 is 5.73 Å². The Labute approximate surface area is 59.1 Å². The molecule has 0 aromatic carbocycles. The van der Waals surface area contributed by atoms with Crippen molar-refractivity contribution in [2.75, 3.05) is 13.1 Å². The number of nitrogens with zero attached hydrogens (tertiary/aromatic N) is 1. The van der Waals surface area contributed by atoms with Crippen molar-refractivity contribution in [3.8, 4) is 0 Å². The van der Waals surface area contributed by atoms with Crippen LogP contribution in [0.5, 0.6) is 0 Å². The number of nitrogens with one attached hydrogen (secondary N) is 1. The van der Waals surface area contributed by atoms with Gasteiger partial charge in [0.1, 0.15) is 0 Å². The molecule has 1 aliphatic rings. The highest BCUT2D eigenvalue weighted by Gasteiger charge is 2.13. The number of rotatable bonds is 0. The maximum absolute atomic E-state index is 6.86. The predicted molar refractivity (Wildman–Crippen MR) is 38.4 cm³/mol. The zero-order valence-electron chi connectivity index (χ0n) is 4.55. The molecule has 1 heterocycles. The number of likely N-dealkylation sites (tertiary alicyclic amines) is 1. The molecule has 4 heteroatoms. The van der Waals surface area contributed by atoms with Crippen LogP contribution in [0.2, 0.25) is 0 Å². The third-order valence-corrected chi connectivity index (χ3v) is 1.20. The van der Waals surface area contributed by atoms with Gasteiger partial charge in [0.25, 0.3) is 0 Å². The van der Waals surface area contributed by atoms with Crippen LogP contribution in [0, 0.1) is 5.41 Å². The molecule has 3 N–H and O–H groups in total. The van der Waals surface area contributed by atoms with Crippen molar-refractivity contribution in [3.63, 3.8) is 0 Å². The first-order valence-electron chi connectivity index (χ1n) is 2.39. The molecule has 3 nitrogen and oxygen atoms in total. The summed E-state index contributed by atoms with van der Waals surface area (Å²) >= 11 is 0. The van der Waals surface area contributed by atoms with Crippen molar-refractivity contribution in [3.05, 3.63) is 0 Å². The molecule has 0 aromatic heterocycles. The summed E-state index contributed by atoms with van der Waals surface area (Å²) in [5, 5.41) is 6.86. The van der Waals surface area contributed by atoms with Crippen molar-refractivity contribution >= 4 is 22.9 Å². The van der Waals surface area contributed by atoms with E-state index in [1.165, 1.54) is 6.42 Å². The Morgan fingerprint density at radius 1 is 1.50 bits per heavy atom. The molecule has 1 aliphatic heterocycles. The lowest BCUT2D eigenvalue weighted by atomic mass is 10.2. The minimum absolute atomic E-state index is 0. The Hall–Kier alpha value is -0.250. The van der Waals surface area contributed by atoms with Gasteiger partial charge in [-0.05, 0) is 6.42 Å². The highest BCUT2D eigenvalue weighted by molar-refractivity contribution is 8.93. The lowest BCUT2D eigenvalue weighted by Crippen LogP contribution is -2.45. The van der Waals surface area contributed by atoms with E-state index in [1.54, 1.807) is 0 Å². The van der Waals surface area contributed by atoms with Crippen molar-refractivity contribution in [2.24, 2.45) is 5.73 Å². The molecule has 0 amide bonds. The lowest BCUT2D eigenvalue weighted by molar-refractivity contribution is 0.295. The van der Waals surface area contributed by atoms with Gasteiger partial charge >= 0.3 is 0 Å². The summed E-state index contributed by atoms with van der Waals surface area (Å²) in [5.41, 5.74) is 5.11. The van der Waals surface area contributed by atoms with Gasteiger partial charge in [-0.1, -0.05) is 0 Å². The molecule has 0 unspecified atom stereocenters. The molecule has 0 atom stereocenters. The van der Waals surface area contributed by atoms with Crippen molar-refractivity contribution in [1.29, 1.82) is 5.41 Å². The third-order valence-electron chi connectivity index (χ3n) is 1.20. The first-order chi connectivity index (χ1) is 3.30. The summed E-state index contributed by atoms with van der Waals surface area (Å²) < 4.78 is 0. The third kappa shape index (κ3) is 1.36. The Morgan fingerprint density at radius 3 is 2.00 bits per heavy atom. The molecular formula is C4H10BrN3. The molecule has 0 aromatic rings. The number of halogens is 1. The highest BCUT2D eigenvalue weighted by atomic mass is 79.9. The van der Waals surface area contributed by atoms with Crippen LogP contribution in [0.25, 0.3) is 0 Å². The second-order valence-electron chi connectivity index (χ2n) is 1.73. The zero-order valence-corrected chi connectivity index (χ0v) is 6.27. The standard InChI is InChI=1S/C4H9N3.BrH/c5-4(6)7-2-1-3-7;/h1-3H2,(H3,5,6);1H. The van der Waals surface area contributed by atoms with Crippen LogP contribution >= 0.6 is 17.0 Å². The summed E-state index contributed by atoms with van der Waals surface area (Å²) in [4.78, 5) is 1.83. The second-order valence-corrected chi connectivity index (χ2v) is 1.73. The normalized spacial score (nSPS) is 16.2. The number of guanidine groups is 1. The van der Waals surface area contributed by atoms with Crippen LogP contribution in [0.15, 0.2) is 0 Å². The summed E-state index contributed by atoms with van der Waals surface area (Å²) in [6.07, 6.45) is 1.19. The minimum Gasteiger partial charge on any atom is -0.370 e. The number of hydrogen-bond donors (Lipinski definition) is 2. The zero-order chi connectivity index (χ0) is 5.28. The monoisotopic (exact) mass is 179 g/mol. The Bertz CT molecular complexity index is 89.3. The van der Waals surface area contributed by atoms with E-state index in [4.69, 9.17) is 11.1 Å². The lowest BCUT2D eigenvalue weighted by Gasteiger charge is -2.30. The first-order valence-corrected chi connectivity index (χ1v) is 2.39. The fourth-order valence-corrected chi connectivity index (χ4v) is 0.557. The van der Waals surface area contributed by atoms with E-state index >= 15 is 0 Å². The molecule has 0 spiro atoms. The molecule has 0 bridgehead atoms. The highest BCUT2D eigenvalue weighted by Crippen LogP contribution is 2.02. The molecule has 0 radical (unpaired) electrons. The van der Waals surface area contributed by atoms with E-state index in [1.807, 2.05) is 4.90 Å². The maximum atomic E-state index is 6.86. The first kappa shape index (κ1) is 7.75. The molecular weight excluding hydrogens is 170 g/mol. The van der Waals surface area contributed by atoms with Gasteiger partial charge in [-0.2, -0.15) is 0 Å². The largest absolute Gasteiger partial charge is 0.370 e. The molecule has 1 saturated heterocycles. The smallest absolute Gasteiger partial charge is 0.188 e. The van der Waals surface area contributed by atoms with Gasteiger partial charge in [-0.15, -0.1) is 17.0 Å². The summed E-state index contributed by atoms with van der Waals surface area (Å²) in [7, 11) is 0. The van der Waals surface area contributed by atoms with E-state index in [0.717, 1.165) is 13.1 Å². The van der Waals surface area contributed by atoms with E-state index in [-0.39, 0.29) is 22.9 Å². The fourth-order valence-electron chi connectivity index (χ4n) is 0.557. The van der Waals surface area contributed by atoms with E-state index in [0.29, 0.717) is 0 Å². The van der Waals surface area contributed by atoms with Gasteiger partial charge in [-0.25, -0.2) is 0 Å². The average Bonchev–Trinajstić information content (AvgIpc) is 1.23. The minimum atomic E-state index is 0. The van der Waals surface area contributed by atoms with Crippen molar-refractivity contribution in [1.82, 2.24) is 4.90 Å². The summed E-state index contributed by atoms with van der Waals surface area (Å²) in [5.74, 6) is 0.214.